The van der Waals surface area contributed by atoms with E-state index in [1.54, 1.807) is 0 Å². The predicted molar refractivity (Wildman–Crippen MR) is 89.0 cm³/mol. The van der Waals surface area contributed by atoms with Crippen molar-refractivity contribution in [2.45, 2.75) is 19.8 Å². The topological polar surface area (TPSA) is 21.7 Å². The van der Waals surface area contributed by atoms with Crippen molar-refractivity contribution in [3.8, 4) is 5.75 Å². The summed E-state index contributed by atoms with van der Waals surface area (Å²) in [7, 11) is 0. The Bertz CT molecular complexity index is 632. The van der Waals surface area contributed by atoms with Gasteiger partial charge < -0.3 is 14.4 Å². The minimum absolute atomic E-state index is 0.449. The molecule has 3 rings (SSSR count). The molecular weight excluding hydrogens is 274 g/mol. The smallest absolute Gasteiger partial charge is 0.165 e. The monoisotopic (exact) mass is 295 g/mol. The molecule has 3 nitrogen and oxygen atoms in total. The highest BCUT2D eigenvalue weighted by Gasteiger charge is 2.15. The molecule has 2 aromatic carbocycles. The Morgan fingerprint density at radius 1 is 1.05 bits per heavy atom. The number of anilines is 1. The van der Waals surface area contributed by atoms with Crippen LogP contribution in [0.1, 0.15) is 25.3 Å². The van der Waals surface area contributed by atoms with Crippen molar-refractivity contribution in [3.63, 3.8) is 0 Å². The lowest BCUT2D eigenvalue weighted by molar-refractivity contribution is 0.195. The summed E-state index contributed by atoms with van der Waals surface area (Å²) in [5.41, 5.74) is 2.44. The van der Waals surface area contributed by atoms with Crippen LogP contribution in [-0.2, 0) is 4.74 Å². The van der Waals surface area contributed by atoms with Crippen LogP contribution in [0.3, 0.4) is 0 Å². The standard InChI is InChI=1S/C19H21NO2/c1-15(2)16-8-10-18(11-9-16)21-13-19-12-20(14-22-19)17-6-4-3-5-7-17/h3-12,15H,13-14H2,1-2H3. The van der Waals surface area contributed by atoms with Gasteiger partial charge in [0.2, 0.25) is 0 Å². The number of hydrogen-bond donors (Lipinski definition) is 0. The Hall–Kier alpha value is -2.42. The molecule has 22 heavy (non-hydrogen) atoms. The molecule has 0 bridgehead atoms. The highest BCUT2D eigenvalue weighted by Crippen LogP contribution is 2.22. The van der Waals surface area contributed by atoms with Crippen molar-refractivity contribution in [1.82, 2.24) is 0 Å². The van der Waals surface area contributed by atoms with Crippen LogP contribution in [0.15, 0.2) is 66.6 Å². The van der Waals surface area contributed by atoms with Gasteiger partial charge >= 0.3 is 0 Å². The zero-order valence-corrected chi connectivity index (χ0v) is 13.0. The molecule has 0 N–H and O–H groups in total. The van der Waals surface area contributed by atoms with E-state index < -0.39 is 0 Å². The van der Waals surface area contributed by atoms with Crippen molar-refractivity contribution >= 4 is 5.69 Å². The third-order valence-corrected chi connectivity index (χ3v) is 3.70. The maximum absolute atomic E-state index is 5.79. The normalized spacial score (nSPS) is 14.0. The third-order valence-electron chi connectivity index (χ3n) is 3.70. The van der Waals surface area contributed by atoms with Gasteiger partial charge in [-0.05, 0) is 35.7 Å². The fourth-order valence-electron chi connectivity index (χ4n) is 2.35. The second-order valence-corrected chi connectivity index (χ2v) is 5.69. The van der Waals surface area contributed by atoms with Crippen LogP contribution < -0.4 is 9.64 Å². The van der Waals surface area contributed by atoms with Gasteiger partial charge in [0.15, 0.2) is 12.5 Å². The third kappa shape index (κ3) is 3.42. The van der Waals surface area contributed by atoms with Gasteiger partial charge in [0, 0.05) is 11.9 Å². The summed E-state index contributed by atoms with van der Waals surface area (Å²) in [6.45, 7) is 5.36. The summed E-state index contributed by atoms with van der Waals surface area (Å²) in [6, 6.07) is 18.4. The van der Waals surface area contributed by atoms with Gasteiger partial charge in [-0.1, -0.05) is 44.2 Å². The molecule has 2 aromatic rings. The molecular formula is C19H21NO2. The molecule has 0 unspecified atom stereocenters. The molecule has 1 aliphatic heterocycles. The van der Waals surface area contributed by atoms with E-state index in [4.69, 9.17) is 9.47 Å². The minimum Gasteiger partial charge on any atom is -0.486 e. The van der Waals surface area contributed by atoms with E-state index in [0.29, 0.717) is 19.3 Å². The summed E-state index contributed by atoms with van der Waals surface area (Å²) in [4.78, 5) is 2.07. The summed E-state index contributed by atoms with van der Waals surface area (Å²) < 4.78 is 11.5. The first-order valence-corrected chi connectivity index (χ1v) is 7.60. The Balaban J connectivity index is 1.58. The molecule has 0 spiro atoms. The lowest BCUT2D eigenvalue weighted by atomic mass is 10.0. The highest BCUT2D eigenvalue weighted by atomic mass is 16.5. The SMILES string of the molecule is CC(C)c1ccc(OCC2=CN(c3ccccc3)CO2)cc1. The molecule has 0 radical (unpaired) electrons. The summed E-state index contributed by atoms with van der Waals surface area (Å²) in [6.07, 6.45) is 2.00. The molecule has 0 aliphatic carbocycles. The molecule has 114 valence electrons. The Morgan fingerprint density at radius 2 is 1.77 bits per heavy atom. The first kappa shape index (κ1) is 14.5. The molecule has 1 aliphatic rings. The van der Waals surface area contributed by atoms with Gasteiger partial charge in [-0.2, -0.15) is 0 Å². The fraction of sp³-hybridized carbons (Fsp3) is 0.263. The number of hydrogen-bond acceptors (Lipinski definition) is 3. The molecule has 0 aromatic heterocycles. The number of ether oxygens (including phenoxy) is 2. The molecule has 0 fully saturated rings. The second kappa shape index (κ2) is 6.56. The Kier molecular flexibility index (Phi) is 4.33. The highest BCUT2D eigenvalue weighted by molar-refractivity contribution is 5.49. The largest absolute Gasteiger partial charge is 0.486 e. The lowest BCUT2D eigenvalue weighted by Gasteiger charge is -2.12. The number of rotatable bonds is 5. The minimum atomic E-state index is 0.449. The van der Waals surface area contributed by atoms with E-state index in [1.165, 1.54) is 5.56 Å². The summed E-state index contributed by atoms with van der Waals surface area (Å²) in [5.74, 6) is 2.25. The van der Waals surface area contributed by atoms with E-state index in [0.717, 1.165) is 17.2 Å². The zero-order valence-electron chi connectivity index (χ0n) is 13.0. The van der Waals surface area contributed by atoms with Crippen LogP contribution >= 0.6 is 0 Å². The second-order valence-electron chi connectivity index (χ2n) is 5.69. The van der Waals surface area contributed by atoms with Crippen LogP contribution in [0.25, 0.3) is 0 Å². The van der Waals surface area contributed by atoms with Crippen molar-refractivity contribution in [2.75, 3.05) is 18.2 Å². The van der Waals surface area contributed by atoms with Gasteiger partial charge in [0.1, 0.15) is 12.4 Å². The molecule has 3 heteroatoms. The Morgan fingerprint density at radius 3 is 2.45 bits per heavy atom. The van der Waals surface area contributed by atoms with E-state index in [1.807, 2.05) is 36.5 Å². The average molecular weight is 295 g/mol. The van der Waals surface area contributed by atoms with Crippen molar-refractivity contribution in [2.24, 2.45) is 0 Å². The van der Waals surface area contributed by atoms with Gasteiger partial charge in [0.05, 0.1) is 0 Å². The fourth-order valence-corrected chi connectivity index (χ4v) is 2.35. The van der Waals surface area contributed by atoms with Crippen molar-refractivity contribution < 1.29 is 9.47 Å². The van der Waals surface area contributed by atoms with Crippen molar-refractivity contribution in [1.29, 1.82) is 0 Å². The maximum atomic E-state index is 5.79. The predicted octanol–water partition coefficient (Wildman–Crippen LogP) is 4.52. The zero-order chi connectivity index (χ0) is 15.4. The van der Waals surface area contributed by atoms with Gasteiger partial charge in [-0.25, -0.2) is 0 Å². The first-order valence-electron chi connectivity index (χ1n) is 7.60. The van der Waals surface area contributed by atoms with Crippen LogP contribution in [-0.4, -0.2) is 13.3 Å². The Labute approximate surface area is 131 Å². The summed E-state index contributed by atoms with van der Waals surface area (Å²) >= 11 is 0. The van der Waals surface area contributed by atoms with Crippen LogP contribution in [0.4, 0.5) is 5.69 Å². The van der Waals surface area contributed by atoms with Gasteiger partial charge in [-0.15, -0.1) is 0 Å². The number of para-hydroxylation sites is 1. The summed E-state index contributed by atoms with van der Waals surface area (Å²) in [5, 5.41) is 0. The first-order chi connectivity index (χ1) is 10.7. The van der Waals surface area contributed by atoms with E-state index in [2.05, 4.69) is 43.0 Å². The number of nitrogens with zero attached hydrogens (tertiary/aromatic N) is 1. The van der Waals surface area contributed by atoms with E-state index in [9.17, 15) is 0 Å². The van der Waals surface area contributed by atoms with Gasteiger partial charge in [-0.3, -0.25) is 0 Å². The van der Waals surface area contributed by atoms with Crippen LogP contribution in [0, 0.1) is 0 Å². The lowest BCUT2D eigenvalue weighted by Crippen LogP contribution is -2.12. The van der Waals surface area contributed by atoms with Gasteiger partial charge in [0.25, 0.3) is 0 Å². The van der Waals surface area contributed by atoms with E-state index in [-0.39, 0.29) is 0 Å². The molecule has 0 amide bonds. The molecule has 1 heterocycles. The average Bonchev–Trinajstić information content (AvgIpc) is 3.03. The molecule has 0 atom stereocenters. The van der Waals surface area contributed by atoms with Crippen molar-refractivity contribution in [3.05, 3.63) is 72.1 Å². The molecule has 0 saturated heterocycles. The van der Waals surface area contributed by atoms with Crippen LogP contribution in [0.5, 0.6) is 5.75 Å². The quantitative estimate of drug-likeness (QED) is 0.809. The van der Waals surface area contributed by atoms with Crippen LogP contribution in [0.2, 0.25) is 0 Å². The maximum Gasteiger partial charge on any atom is 0.165 e. The number of benzene rings is 2. The van der Waals surface area contributed by atoms with E-state index >= 15 is 0 Å². The molecule has 0 saturated carbocycles.